The molecule has 288 valence electrons. The molecule has 0 spiro atoms. The molecule has 0 bridgehead atoms. The van der Waals surface area contributed by atoms with Crippen molar-refractivity contribution in [2.24, 2.45) is 0 Å². The number of anilines is 2. The van der Waals surface area contributed by atoms with Crippen molar-refractivity contribution in [1.29, 1.82) is 0 Å². The summed E-state index contributed by atoms with van der Waals surface area (Å²) >= 11 is 0. The van der Waals surface area contributed by atoms with Gasteiger partial charge in [-0.25, -0.2) is 34.9 Å². The zero-order valence-electron chi connectivity index (χ0n) is 28.4. The van der Waals surface area contributed by atoms with E-state index in [1.165, 1.54) is 42.5 Å². The summed E-state index contributed by atoms with van der Waals surface area (Å²) in [6, 6.07) is 25.0. The minimum atomic E-state index is -4.02. The summed E-state index contributed by atoms with van der Waals surface area (Å²) in [7, 11) is -14.8. The van der Waals surface area contributed by atoms with Crippen LogP contribution >= 0.6 is 0 Å². The Morgan fingerprint density at radius 3 is 1.35 bits per heavy atom. The SMILES string of the molecule is O=C1CN(c2ccc(CCCCS(=O)(=O)c3ccccc3)cc2O)S(=O)(=O)N1.O=C1CN(c2ccc(CCS(=O)(=O)c3ccccc3)cc2O)S(=O)(=O)N1. The molecule has 4 aromatic carbocycles. The van der Waals surface area contributed by atoms with Gasteiger partial charge in [-0.15, -0.1) is 0 Å². The van der Waals surface area contributed by atoms with Gasteiger partial charge in [-0.05, 0) is 85.3 Å². The quantitative estimate of drug-likeness (QED) is 0.150. The first-order valence-corrected chi connectivity index (χ1v) is 22.4. The van der Waals surface area contributed by atoms with Crippen LogP contribution in [0.5, 0.6) is 11.5 Å². The van der Waals surface area contributed by atoms with E-state index in [9.17, 15) is 53.5 Å². The lowest BCUT2D eigenvalue weighted by Crippen LogP contribution is -2.29. The number of amides is 2. The molecule has 2 fully saturated rings. The van der Waals surface area contributed by atoms with Gasteiger partial charge < -0.3 is 10.2 Å². The summed E-state index contributed by atoms with van der Waals surface area (Å²) in [5, 5.41) is 20.3. The van der Waals surface area contributed by atoms with Crippen LogP contribution in [0.4, 0.5) is 11.4 Å². The van der Waals surface area contributed by atoms with Crippen LogP contribution in [0.1, 0.15) is 24.0 Å². The van der Waals surface area contributed by atoms with Gasteiger partial charge in [0.2, 0.25) is 0 Å². The molecule has 0 atom stereocenters. The topological polar surface area (TPSA) is 242 Å². The molecule has 2 saturated heterocycles. The first kappa shape index (κ1) is 40.0. The third kappa shape index (κ3) is 9.67. The van der Waals surface area contributed by atoms with Crippen LogP contribution in [-0.2, 0) is 62.5 Å². The number of sulfone groups is 2. The maximum Gasteiger partial charge on any atom is 0.326 e. The summed E-state index contributed by atoms with van der Waals surface area (Å²) in [6.45, 7) is -0.801. The molecular weight excluding hydrogens is 785 g/mol. The summed E-state index contributed by atoms with van der Waals surface area (Å²) in [4.78, 5) is 23.1. The van der Waals surface area contributed by atoms with E-state index in [1.54, 1.807) is 54.6 Å². The highest BCUT2D eigenvalue weighted by atomic mass is 32.2. The van der Waals surface area contributed by atoms with Gasteiger partial charge in [0.05, 0.1) is 32.7 Å². The fraction of sp³-hybridized carbons (Fsp3) is 0.235. The molecule has 54 heavy (non-hydrogen) atoms. The molecule has 2 heterocycles. The first-order valence-electron chi connectivity index (χ1n) is 16.2. The molecule has 0 radical (unpaired) electrons. The maximum absolute atomic E-state index is 12.3. The lowest BCUT2D eigenvalue weighted by Gasteiger charge is -2.16. The Labute approximate surface area is 313 Å². The molecule has 2 amide bonds. The number of hydrogen-bond donors (Lipinski definition) is 4. The molecule has 0 saturated carbocycles. The molecule has 2 aliphatic heterocycles. The average molecular weight is 821 g/mol. The number of nitrogens with one attached hydrogen (secondary N) is 2. The van der Waals surface area contributed by atoms with E-state index in [0.29, 0.717) is 29.7 Å². The third-order valence-corrected chi connectivity index (χ3v) is 14.6. The number of rotatable bonds is 12. The summed E-state index contributed by atoms with van der Waals surface area (Å²) in [5.41, 5.74) is 1.25. The van der Waals surface area contributed by atoms with Crippen LogP contribution in [0.3, 0.4) is 0 Å². The number of phenolic OH excluding ortho intramolecular Hbond substituents is 2. The van der Waals surface area contributed by atoms with Gasteiger partial charge >= 0.3 is 20.4 Å². The van der Waals surface area contributed by atoms with E-state index in [-0.39, 0.29) is 52.2 Å². The molecule has 0 unspecified atom stereocenters. The van der Waals surface area contributed by atoms with Crippen molar-refractivity contribution in [2.75, 3.05) is 33.2 Å². The molecule has 0 aliphatic carbocycles. The average Bonchev–Trinajstić information content (AvgIpc) is 3.56. The number of aryl methyl sites for hydroxylation is 2. The summed E-state index contributed by atoms with van der Waals surface area (Å²) in [6.07, 6.45) is 1.72. The first-order chi connectivity index (χ1) is 25.4. The highest BCUT2D eigenvalue weighted by molar-refractivity contribution is 7.92. The van der Waals surface area contributed by atoms with E-state index in [2.05, 4.69) is 0 Å². The van der Waals surface area contributed by atoms with Crippen molar-refractivity contribution >= 4 is 63.3 Å². The largest absolute Gasteiger partial charge is 0.506 e. The third-order valence-electron chi connectivity index (χ3n) is 8.25. The Bertz CT molecular complexity index is 2480. The predicted molar refractivity (Wildman–Crippen MR) is 199 cm³/mol. The maximum atomic E-state index is 12.3. The van der Waals surface area contributed by atoms with Crippen LogP contribution < -0.4 is 18.1 Å². The molecule has 4 aromatic rings. The molecule has 4 N–H and O–H groups in total. The van der Waals surface area contributed by atoms with Crippen LogP contribution in [0, 0.1) is 0 Å². The fourth-order valence-corrected chi connectivity index (χ4v) is 10.6. The second kappa shape index (κ2) is 16.0. The number of unbranched alkanes of at least 4 members (excludes halogenated alkanes) is 1. The van der Waals surface area contributed by atoms with E-state index in [0.717, 1.165) is 14.2 Å². The van der Waals surface area contributed by atoms with Gasteiger partial charge in [0.1, 0.15) is 24.6 Å². The molecule has 16 nitrogen and oxygen atoms in total. The zero-order valence-corrected chi connectivity index (χ0v) is 31.7. The number of aromatic hydroxyl groups is 2. The Balaban J connectivity index is 0.000000208. The van der Waals surface area contributed by atoms with Crippen molar-refractivity contribution in [3.8, 4) is 11.5 Å². The highest BCUT2D eigenvalue weighted by Crippen LogP contribution is 2.33. The second-order valence-corrected chi connectivity index (χ2v) is 19.6. The smallest absolute Gasteiger partial charge is 0.326 e. The molecule has 20 heteroatoms. The Morgan fingerprint density at radius 2 is 0.963 bits per heavy atom. The normalized spacial score (nSPS) is 16.3. The van der Waals surface area contributed by atoms with Crippen molar-refractivity contribution in [3.63, 3.8) is 0 Å². The number of phenols is 2. The van der Waals surface area contributed by atoms with Crippen molar-refractivity contribution < 1.29 is 53.5 Å². The Hall–Kier alpha value is -5.18. The van der Waals surface area contributed by atoms with Gasteiger partial charge in [0.15, 0.2) is 19.7 Å². The van der Waals surface area contributed by atoms with Crippen molar-refractivity contribution in [2.45, 2.75) is 35.5 Å². The molecule has 6 rings (SSSR count). The minimum absolute atomic E-state index is 0.0220. The highest BCUT2D eigenvalue weighted by Gasteiger charge is 2.36. The summed E-state index contributed by atoms with van der Waals surface area (Å²) < 4.78 is 102. The standard InChI is InChI=1S/C18H20N2O6S2.C16H16N2O6S2/c21-17-12-14(9-10-16(17)20-13-18(22)19-28(20,25)26)6-4-5-11-27(23,24)15-7-2-1-3-8-15;19-15-10-12(8-9-25(21,22)13-4-2-1-3-5-13)6-7-14(15)18-11-16(20)17-26(18,23)24/h1-3,7-10,12,21H,4-6,11,13H2,(H,19,22);1-7,10,19H,8-9,11H2,(H,17,20). The Kier molecular flexibility index (Phi) is 11.9. The minimum Gasteiger partial charge on any atom is -0.506 e. The fourth-order valence-electron chi connectivity index (χ4n) is 5.56. The number of hydrogen-bond acceptors (Lipinski definition) is 12. The molecular formula is C34H36N4O12S4. The number of carbonyl (C=O) groups is 2. The Morgan fingerprint density at radius 1 is 0.556 bits per heavy atom. The second-order valence-electron chi connectivity index (χ2n) is 12.2. The van der Waals surface area contributed by atoms with E-state index < -0.39 is 58.5 Å². The number of nitrogens with zero attached hydrogens (tertiary/aromatic N) is 2. The van der Waals surface area contributed by atoms with Gasteiger partial charge in [0.25, 0.3) is 11.8 Å². The zero-order chi connectivity index (χ0) is 39.3. The van der Waals surface area contributed by atoms with Crippen LogP contribution in [0.15, 0.2) is 107 Å². The van der Waals surface area contributed by atoms with Gasteiger partial charge in [-0.3, -0.25) is 9.59 Å². The van der Waals surface area contributed by atoms with Crippen LogP contribution in [-0.4, -0.2) is 80.3 Å². The number of carbonyl (C=O) groups excluding carboxylic acids is 2. The van der Waals surface area contributed by atoms with Crippen LogP contribution in [0.2, 0.25) is 0 Å². The van der Waals surface area contributed by atoms with Crippen LogP contribution in [0.25, 0.3) is 0 Å². The van der Waals surface area contributed by atoms with E-state index in [1.807, 2.05) is 9.44 Å². The predicted octanol–water partition coefficient (Wildman–Crippen LogP) is 1.96. The van der Waals surface area contributed by atoms with Gasteiger partial charge in [0, 0.05) is 0 Å². The monoisotopic (exact) mass is 820 g/mol. The van der Waals surface area contributed by atoms with Gasteiger partial charge in [-0.1, -0.05) is 48.5 Å². The lowest BCUT2D eigenvalue weighted by atomic mass is 10.1. The number of benzene rings is 4. The van der Waals surface area contributed by atoms with Gasteiger partial charge in [-0.2, -0.15) is 16.8 Å². The van der Waals surface area contributed by atoms with E-state index >= 15 is 0 Å². The lowest BCUT2D eigenvalue weighted by molar-refractivity contribution is -0.118. The molecule has 2 aliphatic rings. The molecule has 0 aromatic heterocycles. The van der Waals surface area contributed by atoms with Crippen molar-refractivity contribution in [3.05, 3.63) is 108 Å². The van der Waals surface area contributed by atoms with E-state index in [4.69, 9.17) is 0 Å². The van der Waals surface area contributed by atoms with Crippen molar-refractivity contribution in [1.82, 2.24) is 9.44 Å². The summed E-state index contributed by atoms with van der Waals surface area (Å²) in [5.74, 6) is -2.08.